The van der Waals surface area contributed by atoms with E-state index in [2.05, 4.69) is 54.8 Å². The Kier molecular flexibility index (Phi) is 5.72. The Morgan fingerprint density at radius 3 is 1.90 bits per heavy atom. The second-order valence-electron chi connectivity index (χ2n) is 7.18. The van der Waals surface area contributed by atoms with Gasteiger partial charge in [-0.25, -0.2) is 8.78 Å². The molecule has 2 heteroatoms. The maximum Gasteiger partial charge on any atom is 0.159 e. The van der Waals surface area contributed by atoms with Gasteiger partial charge < -0.3 is 0 Å². The lowest BCUT2D eigenvalue weighted by Gasteiger charge is -2.04. The van der Waals surface area contributed by atoms with Crippen molar-refractivity contribution < 1.29 is 8.78 Å². The van der Waals surface area contributed by atoms with Gasteiger partial charge in [0, 0.05) is 11.1 Å². The molecule has 0 saturated heterocycles. The zero-order valence-corrected chi connectivity index (χ0v) is 16.5. The van der Waals surface area contributed by atoms with Crippen molar-refractivity contribution in [3.05, 3.63) is 120 Å². The van der Waals surface area contributed by atoms with Gasteiger partial charge in [0.2, 0.25) is 0 Å². The molecule has 0 radical (unpaired) electrons. The van der Waals surface area contributed by atoms with Gasteiger partial charge in [0.1, 0.15) is 0 Å². The summed E-state index contributed by atoms with van der Waals surface area (Å²) in [6.45, 7) is 3.76. The van der Waals surface area contributed by atoms with E-state index in [1.807, 2.05) is 24.3 Å². The SMILES string of the molecule is C=CCCc1ccc(-c2ccc(C#Cc3ccc4cc(F)c(F)cc4c3)cc2)cc1. The molecule has 4 rings (SSSR count). The number of halogens is 2. The fourth-order valence-electron chi connectivity index (χ4n) is 3.34. The van der Waals surface area contributed by atoms with E-state index >= 15 is 0 Å². The van der Waals surface area contributed by atoms with Crippen LogP contribution in [0.4, 0.5) is 8.78 Å². The van der Waals surface area contributed by atoms with Crippen molar-refractivity contribution in [3.63, 3.8) is 0 Å². The van der Waals surface area contributed by atoms with Crippen LogP contribution in [-0.4, -0.2) is 0 Å². The number of allylic oxidation sites excluding steroid dienone is 1. The second-order valence-corrected chi connectivity index (χ2v) is 7.18. The maximum atomic E-state index is 13.5. The quantitative estimate of drug-likeness (QED) is 0.252. The van der Waals surface area contributed by atoms with Crippen molar-refractivity contribution in [1.29, 1.82) is 0 Å². The van der Waals surface area contributed by atoms with Crippen LogP contribution in [0.5, 0.6) is 0 Å². The highest BCUT2D eigenvalue weighted by Crippen LogP contribution is 2.22. The minimum atomic E-state index is -0.850. The lowest BCUT2D eigenvalue weighted by Crippen LogP contribution is -1.85. The second kappa shape index (κ2) is 8.76. The van der Waals surface area contributed by atoms with E-state index < -0.39 is 11.6 Å². The average Bonchev–Trinajstić information content (AvgIpc) is 2.78. The van der Waals surface area contributed by atoms with Crippen LogP contribution in [0.15, 0.2) is 91.5 Å². The first-order valence-corrected chi connectivity index (χ1v) is 9.83. The first-order chi connectivity index (χ1) is 14.6. The molecule has 0 spiro atoms. The minimum absolute atomic E-state index is 0.632. The van der Waals surface area contributed by atoms with Crippen molar-refractivity contribution in [2.24, 2.45) is 0 Å². The first kappa shape index (κ1) is 19.6. The number of aryl methyl sites for hydroxylation is 1. The molecular weight excluding hydrogens is 374 g/mol. The number of rotatable bonds is 4. The molecule has 0 bridgehead atoms. The van der Waals surface area contributed by atoms with Crippen LogP contribution in [0, 0.1) is 23.5 Å². The summed E-state index contributed by atoms with van der Waals surface area (Å²) in [4.78, 5) is 0. The molecule has 0 saturated carbocycles. The summed E-state index contributed by atoms with van der Waals surface area (Å²) in [5, 5.41) is 1.28. The Bertz CT molecular complexity index is 1250. The minimum Gasteiger partial charge on any atom is -0.204 e. The molecule has 0 aliphatic rings. The van der Waals surface area contributed by atoms with Gasteiger partial charge in [-0.1, -0.05) is 60.4 Å². The molecule has 146 valence electrons. The lowest BCUT2D eigenvalue weighted by molar-refractivity contribution is 0.511. The van der Waals surface area contributed by atoms with E-state index in [4.69, 9.17) is 0 Å². The predicted octanol–water partition coefficient (Wildman–Crippen LogP) is 7.30. The van der Waals surface area contributed by atoms with Crippen LogP contribution in [0.3, 0.4) is 0 Å². The molecule has 4 aromatic carbocycles. The van der Waals surface area contributed by atoms with Gasteiger partial charge in [-0.2, -0.15) is 0 Å². The molecular formula is C28H20F2. The van der Waals surface area contributed by atoms with Crippen LogP contribution in [0.25, 0.3) is 21.9 Å². The molecule has 0 aliphatic carbocycles. The highest BCUT2D eigenvalue weighted by Gasteiger charge is 2.04. The highest BCUT2D eigenvalue weighted by molar-refractivity contribution is 5.84. The third-order valence-corrected chi connectivity index (χ3v) is 5.04. The van der Waals surface area contributed by atoms with Gasteiger partial charge in [0.15, 0.2) is 11.6 Å². The van der Waals surface area contributed by atoms with Crippen LogP contribution in [0.1, 0.15) is 23.1 Å². The largest absolute Gasteiger partial charge is 0.204 e. The fourth-order valence-corrected chi connectivity index (χ4v) is 3.34. The van der Waals surface area contributed by atoms with E-state index in [0.717, 1.165) is 29.5 Å². The van der Waals surface area contributed by atoms with Crippen molar-refractivity contribution in [3.8, 4) is 23.0 Å². The Morgan fingerprint density at radius 2 is 1.23 bits per heavy atom. The molecule has 0 N–H and O–H groups in total. The van der Waals surface area contributed by atoms with Crippen molar-refractivity contribution >= 4 is 10.8 Å². The summed E-state index contributed by atoms with van der Waals surface area (Å²) in [6.07, 6.45) is 3.92. The summed E-state index contributed by atoms with van der Waals surface area (Å²) in [6, 6.07) is 24.4. The fraction of sp³-hybridized carbons (Fsp3) is 0.0714. The number of fused-ring (bicyclic) bond motifs is 1. The highest BCUT2D eigenvalue weighted by atomic mass is 19.2. The van der Waals surface area contributed by atoms with E-state index in [1.165, 1.54) is 23.3 Å². The topological polar surface area (TPSA) is 0 Å². The van der Waals surface area contributed by atoms with Crippen molar-refractivity contribution in [2.75, 3.05) is 0 Å². The summed E-state index contributed by atoms with van der Waals surface area (Å²) in [5.74, 6) is 4.54. The summed E-state index contributed by atoms with van der Waals surface area (Å²) in [7, 11) is 0. The van der Waals surface area contributed by atoms with E-state index in [1.54, 1.807) is 12.1 Å². The number of hydrogen-bond acceptors (Lipinski definition) is 0. The average molecular weight is 394 g/mol. The maximum absolute atomic E-state index is 13.5. The normalized spacial score (nSPS) is 10.5. The Morgan fingerprint density at radius 1 is 0.667 bits per heavy atom. The monoisotopic (exact) mass is 394 g/mol. The van der Waals surface area contributed by atoms with E-state index in [0.29, 0.717) is 10.8 Å². The van der Waals surface area contributed by atoms with E-state index in [9.17, 15) is 8.78 Å². The smallest absolute Gasteiger partial charge is 0.159 e. The number of hydrogen-bond donors (Lipinski definition) is 0. The van der Waals surface area contributed by atoms with Crippen LogP contribution >= 0.6 is 0 Å². The standard InChI is InChI=1S/C28H20F2/c1-2-3-4-20-7-12-23(13-8-20)24-14-9-21(10-15-24)5-6-22-11-16-25-18-27(29)28(30)19-26(25)17-22/h2,7-19H,1,3-4H2. The lowest BCUT2D eigenvalue weighted by atomic mass is 10.0. The van der Waals surface area contributed by atoms with Gasteiger partial charge in [-0.3, -0.25) is 0 Å². The molecule has 0 unspecified atom stereocenters. The van der Waals surface area contributed by atoms with Gasteiger partial charge >= 0.3 is 0 Å². The van der Waals surface area contributed by atoms with E-state index in [-0.39, 0.29) is 0 Å². The molecule has 0 aromatic heterocycles. The summed E-state index contributed by atoms with van der Waals surface area (Å²) in [5.41, 5.74) is 5.26. The summed E-state index contributed by atoms with van der Waals surface area (Å²) < 4.78 is 26.8. The molecule has 0 nitrogen and oxygen atoms in total. The zero-order chi connectivity index (χ0) is 20.9. The zero-order valence-electron chi connectivity index (χ0n) is 16.5. The van der Waals surface area contributed by atoms with Gasteiger partial charge in [-0.05, 0) is 76.7 Å². The van der Waals surface area contributed by atoms with Crippen molar-refractivity contribution in [2.45, 2.75) is 12.8 Å². The van der Waals surface area contributed by atoms with Gasteiger partial charge in [-0.15, -0.1) is 6.58 Å². The van der Waals surface area contributed by atoms with Gasteiger partial charge in [0.25, 0.3) is 0 Å². The number of benzene rings is 4. The molecule has 4 aromatic rings. The van der Waals surface area contributed by atoms with Crippen LogP contribution < -0.4 is 0 Å². The van der Waals surface area contributed by atoms with Crippen LogP contribution in [-0.2, 0) is 6.42 Å². The molecule has 0 amide bonds. The first-order valence-electron chi connectivity index (χ1n) is 9.83. The Balaban J connectivity index is 1.51. The third kappa shape index (κ3) is 4.47. The molecule has 0 heterocycles. The van der Waals surface area contributed by atoms with Gasteiger partial charge in [0.05, 0.1) is 0 Å². The third-order valence-electron chi connectivity index (χ3n) is 5.04. The summed E-state index contributed by atoms with van der Waals surface area (Å²) >= 11 is 0. The van der Waals surface area contributed by atoms with Crippen molar-refractivity contribution in [1.82, 2.24) is 0 Å². The molecule has 30 heavy (non-hydrogen) atoms. The Labute approximate surface area is 175 Å². The molecule has 0 aliphatic heterocycles. The molecule has 0 atom stereocenters. The van der Waals surface area contributed by atoms with Crippen LogP contribution in [0.2, 0.25) is 0 Å². The Hall–Kier alpha value is -3.70. The molecule has 0 fully saturated rings. The predicted molar refractivity (Wildman–Crippen MR) is 120 cm³/mol.